The van der Waals surface area contributed by atoms with Crippen molar-refractivity contribution < 1.29 is 18.0 Å². The van der Waals surface area contributed by atoms with Crippen LogP contribution in [0.15, 0.2) is 12.1 Å². The lowest BCUT2D eigenvalue weighted by Crippen LogP contribution is -2.49. The average molecular weight is 300 g/mol. The highest BCUT2D eigenvalue weighted by Gasteiger charge is 2.28. The third-order valence-electron chi connectivity index (χ3n) is 3.70. The van der Waals surface area contributed by atoms with Crippen molar-refractivity contribution in [1.82, 2.24) is 10.2 Å². The molecular weight excluding hydrogens is 281 g/mol. The highest BCUT2D eigenvalue weighted by Crippen LogP contribution is 2.20. The van der Waals surface area contributed by atoms with Gasteiger partial charge in [-0.15, -0.1) is 0 Å². The van der Waals surface area contributed by atoms with Crippen molar-refractivity contribution >= 4 is 5.91 Å². The van der Waals surface area contributed by atoms with E-state index in [1.54, 1.807) is 4.90 Å². The molecule has 0 bridgehead atoms. The van der Waals surface area contributed by atoms with Crippen molar-refractivity contribution in [1.29, 1.82) is 0 Å². The second-order valence-corrected chi connectivity index (χ2v) is 5.22. The molecule has 2 rings (SSSR count). The van der Waals surface area contributed by atoms with Crippen molar-refractivity contribution in [2.75, 3.05) is 19.6 Å². The van der Waals surface area contributed by atoms with E-state index < -0.39 is 28.9 Å². The Bertz CT molecular complexity index is 516. The van der Waals surface area contributed by atoms with Gasteiger partial charge < -0.3 is 10.2 Å². The van der Waals surface area contributed by atoms with Gasteiger partial charge in [0.25, 0.3) is 5.91 Å². The Hall–Kier alpha value is -1.56. The maximum atomic E-state index is 13.8. The number of rotatable bonds is 4. The zero-order valence-corrected chi connectivity index (χ0v) is 12.0. The van der Waals surface area contributed by atoms with Crippen LogP contribution in [-0.2, 0) is 0 Å². The number of halogens is 3. The molecule has 0 saturated carbocycles. The molecule has 1 fully saturated rings. The molecule has 1 unspecified atom stereocenters. The maximum Gasteiger partial charge on any atom is 0.257 e. The second-order valence-electron chi connectivity index (χ2n) is 5.22. The Kier molecular flexibility index (Phi) is 5.22. The largest absolute Gasteiger partial charge is 0.334 e. The molecule has 0 spiro atoms. The average Bonchev–Trinajstić information content (AvgIpc) is 2.51. The van der Waals surface area contributed by atoms with Gasteiger partial charge in [0, 0.05) is 19.1 Å². The Morgan fingerprint density at radius 1 is 1.33 bits per heavy atom. The first kappa shape index (κ1) is 15.8. The highest BCUT2D eigenvalue weighted by atomic mass is 19.2. The lowest BCUT2D eigenvalue weighted by Gasteiger charge is -2.34. The molecule has 1 saturated heterocycles. The minimum atomic E-state index is -1.60. The van der Waals surface area contributed by atoms with Crippen LogP contribution in [0, 0.1) is 17.5 Å². The van der Waals surface area contributed by atoms with Gasteiger partial charge in [-0.3, -0.25) is 4.79 Å². The number of nitrogens with zero attached hydrogens (tertiary/aromatic N) is 1. The van der Waals surface area contributed by atoms with Crippen molar-refractivity contribution in [2.24, 2.45) is 0 Å². The van der Waals surface area contributed by atoms with E-state index in [9.17, 15) is 18.0 Å². The van der Waals surface area contributed by atoms with Crippen molar-refractivity contribution in [3.63, 3.8) is 0 Å². The minimum Gasteiger partial charge on any atom is -0.334 e. The molecule has 1 amide bonds. The van der Waals surface area contributed by atoms with Crippen molar-refractivity contribution in [3.8, 4) is 0 Å². The highest BCUT2D eigenvalue weighted by molar-refractivity contribution is 5.94. The van der Waals surface area contributed by atoms with Crippen LogP contribution in [0.2, 0.25) is 0 Å². The maximum absolute atomic E-state index is 13.8. The fourth-order valence-electron chi connectivity index (χ4n) is 2.64. The topological polar surface area (TPSA) is 32.3 Å². The summed E-state index contributed by atoms with van der Waals surface area (Å²) in [5.41, 5.74) is -0.409. The van der Waals surface area contributed by atoms with E-state index in [0.717, 1.165) is 31.5 Å². The molecular formula is C15H19F3N2O. The minimum absolute atomic E-state index is 0.0429. The molecule has 1 heterocycles. The number of amides is 1. The Balaban J connectivity index is 2.27. The van der Waals surface area contributed by atoms with Crippen LogP contribution in [-0.4, -0.2) is 36.5 Å². The van der Waals surface area contributed by atoms with Crippen LogP contribution < -0.4 is 5.32 Å². The number of carbonyl (C=O) groups excluding carboxylic acids is 1. The van der Waals surface area contributed by atoms with Gasteiger partial charge in [-0.1, -0.05) is 6.92 Å². The first-order valence-corrected chi connectivity index (χ1v) is 7.21. The van der Waals surface area contributed by atoms with E-state index in [-0.39, 0.29) is 6.04 Å². The van der Waals surface area contributed by atoms with Crippen LogP contribution in [0.5, 0.6) is 0 Å². The van der Waals surface area contributed by atoms with E-state index in [2.05, 4.69) is 5.32 Å². The summed E-state index contributed by atoms with van der Waals surface area (Å²) < 4.78 is 40.1. The van der Waals surface area contributed by atoms with Crippen molar-refractivity contribution in [3.05, 3.63) is 35.1 Å². The van der Waals surface area contributed by atoms with Gasteiger partial charge in [0.05, 0.1) is 5.56 Å². The summed E-state index contributed by atoms with van der Waals surface area (Å²) in [6, 6.07) is 1.75. The zero-order valence-electron chi connectivity index (χ0n) is 12.0. The molecule has 0 radical (unpaired) electrons. The fraction of sp³-hybridized carbons (Fsp3) is 0.533. The summed E-state index contributed by atoms with van der Waals surface area (Å²) >= 11 is 0. The lowest BCUT2D eigenvalue weighted by atomic mass is 10.0. The first-order chi connectivity index (χ1) is 10.1. The van der Waals surface area contributed by atoms with Crippen molar-refractivity contribution in [2.45, 2.75) is 32.2 Å². The van der Waals surface area contributed by atoms with E-state index in [1.165, 1.54) is 0 Å². The molecule has 0 aromatic heterocycles. The van der Waals surface area contributed by atoms with Gasteiger partial charge in [-0.05, 0) is 37.9 Å². The number of nitrogens with one attached hydrogen (secondary N) is 1. The number of piperidine rings is 1. The Morgan fingerprint density at radius 2 is 2.10 bits per heavy atom. The van der Waals surface area contributed by atoms with Crippen LogP contribution in [0.25, 0.3) is 0 Å². The number of carbonyl (C=O) groups is 1. The van der Waals surface area contributed by atoms with E-state index in [1.807, 2.05) is 6.92 Å². The van der Waals surface area contributed by atoms with Gasteiger partial charge in [0.2, 0.25) is 0 Å². The van der Waals surface area contributed by atoms with Gasteiger partial charge >= 0.3 is 0 Å². The Labute approximate surface area is 122 Å². The van der Waals surface area contributed by atoms with Crippen LogP contribution in [0.1, 0.15) is 36.5 Å². The van der Waals surface area contributed by atoms with Gasteiger partial charge in [0.15, 0.2) is 17.5 Å². The SMILES string of the molecule is CCCN(C(=O)c1ccc(F)c(F)c1F)C1CCCNC1. The summed E-state index contributed by atoms with van der Waals surface area (Å²) in [6.07, 6.45) is 2.47. The number of hydrogen-bond donors (Lipinski definition) is 1. The second kappa shape index (κ2) is 6.93. The normalized spacial score (nSPS) is 18.6. The smallest absolute Gasteiger partial charge is 0.257 e. The predicted octanol–water partition coefficient (Wildman–Crippen LogP) is 2.71. The van der Waals surface area contributed by atoms with E-state index in [4.69, 9.17) is 0 Å². The fourth-order valence-corrected chi connectivity index (χ4v) is 2.64. The third-order valence-corrected chi connectivity index (χ3v) is 3.70. The van der Waals surface area contributed by atoms with Gasteiger partial charge in [0.1, 0.15) is 0 Å². The summed E-state index contributed by atoms with van der Waals surface area (Å²) in [7, 11) is 0. The predicted molar refractivity (Wildman–Crippen MR) is 73.5 cm³/mol. The summed E-state index contributed by atoms with van der Waals surface area (Å²) in [5.74, 6) is -4.88. The monoisotopic (exact) mass is 300 g/mol. The number of hydrogen-bond acceptors (Lipinski definition) is 2. The summed E-state index contributed by atoms with van der Waals surface area (Å²) in [5, 5.41) is 3.19. The molecule has 6 heteroatoms. The van der Waals surface area contributed by atoms with Crippen LogP contribution in [0.4, 0.5) is 13.2 Å². The molecule has 1 aliphatic rings. The molecule has 3 nitrogen and oxygen atoms in total. The first-order valence-electron chi connectivity index (χ1n) is 7.21. The molecule has 1 aromatic carbocycles. The lowest BCUT2D eigenvalue weighted by molar-refractivity contribution is 0.0643. The third kappa shape index (κ3) is 3.37. The molecule has 0 aliphatic carbocycles. The Morgan fingerprint density at radius 3 is 2.71 bits per heavy atom. The summed E-state index contributed by atoms with van der Waals surface area (Å²) in [6.45, 7) is 3.91. The molecule has 116 valence electrons. The van der Waals surface area contributed by atoms with Gasteiger partial charge in [-0.25, -0.2) is 13.2 Å². The number of benzene rings is 1. The molecule has 1 aliphatic heterocycles. The van der Waals surface area contributed by atoms with Gasteiger partial charge in [-0.2, -0.15) is 0 Å². The molecule has 1 aromatic rings. The standard InChI is InChI=1S/C15H19F3N2O/c1-2-8-20(10-4-3-7-19-9-10)15(21)11-5-6-12(16)14(18)13(11)17/h5-6,10,19H,2-4,7-9H2,1H3. The molecule has 1 N–H and O–H groups in total. The van der Waals surface area contributed by atoms with Crippen LogP contribution in [0.3, 0.4) is 0 Å². The zero-order chi connectivity index (χ0) is 15.4. The molecule has 21 heavy (non-hydrogen) atoms. The quantitative estimate of drug-likeness (QED) is 0.867. The molecule has 1 atom stereocenters. The van der Waals surface area contributed by atoms with E-state index in [0.29, 0.717) is 19.5 Å². The van der Waals surface area contributed by atoms with E-state index >= 15 is 0 Å². The summed E-state index contributed by atoms with van der Waals surface area (Å²) in [4.78, 5) is 14.0. The van der Waals surface area contributed by atoms with Crippen LogP contribution >= 0.6 is 0 Å².